The summed E-state index contributed by atoms with van der Waals surface area (Å²) < 4.78 is 16.1. The van der Waals surface area contributed by atoms with Gasteiger partial charge in [0.15, 0.2) is 0 Å². The second kappa shape index (κ2) is 4.96. The lowest BCUT2D eigenvalue weighted by Gasteiger charge is -2.03. The number of benzene rings is 1. The van der Waals surface area contributed by atoms with Crippen molar-refractivity contribution in [1.29, 1.82) is 0 Å². The molecule has 12 heavy (non-hydrogen) atoms. The lowest BCUT2D eigenvalue weighted by atomic mass is 10.3. The molecule has 1 aromatic rings. The first-order valence-electron chi connectivity index (χ1n) is 3.69. The number of hydrogen-bond acceptors (Lipinski definition) is 3. The summed E-state index contributed by atoms with van der Waals surface area (Å²) >= 11 is 0. The highest BCUT2D eigenvalue weighted by molar-refractivity contribution is 7.39. The number of rotatable bonds is 4. The second-order valence-electron chi connectivity index (χ2n) is 2.26. The number of para-hydroxylation sites is 1. The molecule has 0 aliphatic heterocycles. The second-order valence-corrected chi connectivity index (χ2v) is 3.71. The largest absolute Gasteiger partial charge is 0.445 e. The van der Waals surface area contributed by atoms with Gasteiger partial charge in [-0.2, -0.15) is 0 Å². The Morgan fingerprint density at radius 3 is 2.58 bits per heavy atom. The molecule has 1 unspecified atom stereocenters. The van der Waals surface area contributed by atoms with E-state index in [9.17, 15) is 4.57 Å². The first kappa shape index (κ1) is 9.30. The van der Waals surface area contributed by atoms with Gasteiger partial charge in [0.25, 0.3) is 0 Å². The molecule has 0 aliphatic rings. The summed E-state index contributed by atoms with van der Waals surface area (Å²) in [5.74, 6) is 0.592. The molecular weight excluding hydrogens is 175 g/mol. The number of aliphatic hydroxyl groups excluding tert-OH is 1. The van der Waals surface area contributed by atoms with E-state index in [0.717, 1.165) is 0 Å². The Morgan fingerprint density at radius 1 is 1.33 bits per heavy atom. The molecule has 3 nitrogen and oxygen atoms in total. The molecule has 0 radical (unpaired) electrons. The van der Waals surface area contributed by atoms with Gasteiger partial charge in [0.1, 0.15) is 5.75 Å². The van der Waals surface area contributed by atoms with E-state index in [4.69, 9.17) is 9.63 Å². The van der Waals surface area contributed by atoms with Crippen LogP contribution in [0.4, 0.5) is 0 Å². The van der Waals surface area contributed by atoms with E-state index < -0.39 is 8.03 Å². The van der Waals surface area contributed by atoms with E-state index >= 15 is 0 Å². The van der Waals surface area contributed by atoms with Gasteiger partial charge in [0.2, 0.25) is 8.03 Å². The van der Waals surface area contributed by atoms with E-state index in [-0.39, 0.29) is 12.8 Å². The van der Waals surface area contributed by atoms with Gasteiger partial charge >= 0.3 is 0 Å². The topological polar surface area (TPSA) is 46.5 Å². The molecule has 0 aromatic heterocycles. The van der Waals surface area contributed by atoms with Gasteiger partial charge in [-0.25, -0.2) is 0 Å². The van der Waals surface area contributed by atoms with Gasteiger partial charge in [0.05, 0.1) is 12.8 Å². The maximum atomic E-state index is 11.0. The molecular formula is C8H11O3P. The highest BCUT2D eigenvalue weighted by atomic mass is 31.1. The predicted molar refractivity (Wildman–Crippen MR) is 48.0 cm³/mol. The zero-order valence-corrected chi connectivity index (χ0v) is 7.56. The van der Waals surface area contributed by atoms with Crippen molar-refractivity contribution in [2.24, 2.45) is 0 Å². The fourth-order valence-corrected chi connectivity index (χ4v) is 1.45. The van der Waals surface area contributed by atoms with Crippen molar-refractivity contribution in [3.63, 3.8) is 0 Å². The number of aliphatic hydroxyl groups is 1. The average Bonchev–Trinajstić information content (AvgIpc) is 2.06. The molecule has 66 valence electrons. The van der Waals surface area contributed by atoms with Gasteiger partial charge in [-0.15, -0.1) is 0 Å². The van der Waals surface area contributed by atoms with Crippen LogP contribution in [0.5, 0.6) is 5.75 Å². The molecule has 0 aliphatic carbocycles. The van der Waals surface area contributed by atoms with Crippen LogP contribution >= 0.6 is 8.03 Å². The molecule has 0 heterocycles. The van der Waals surface area contributed by atoms with Crippen molar-refractivity contribution in [3.8, 4) is 5.75 Å². The smallest absolute Gasteiger partial charge is 0.238 e. The van der Waals surface area contributed by atoms with Crippen molar-refractivity contribution in [3.05, 3.63) is 30.3 Å². The minimum Gasteiger partial charge on any atom is -0.445 e. The molecule has 0 saturated carbocycles. The van der Waals surface area contributed by atoms with E-state index in [0.29, 0.717) is 5.75 Å². The van der Waals surface area contributed by atoms with Crippen LogP contribution in [-0.2, 0) is 4.57 Å². The van der Waals surface area contributed by atoms with E-state index in [1.165, 1.54) is 0 Å². The molecule has 0 saturated heterocycles. The zero-order chi connectivity index (χ0) is 8.81. The van der Waals surface area contributed by atoms with Crippen molar-refractivity contribution in [2.45, 2.75) is 0 Å². The molecule has 4 heteroatoms. The first-order valence-corrected chi connectivity index (χ1v) is 5.22. The SMILES string of the molecule is O=[PH](CCO)Oc1ccccc1. The monoisotopic (exact) mass is 186 g/mol. The molecule has 1 aromatic carbocycles. The zero-order valence-electron chi connectivity index (χ0n) is 6.56. The Bertz CT molecular complexity index is 248. The lowest BCUT2D eigenvalue weighted by molar-refractivity contribution is 0.317. The lowest BCUT2D eigenvalue weighted by Crippen LogP contribution is -1.90. The minimum atomic E-state index is -2.09. The van der Waals surface area contributed by atoms with Gasteiger partial charge in [-0.3, -0.25) is 4.57 Å². The fourth-order valence-electron chi connectivity index (χ4n) is 0.762. The summed E-state index contributed by atoms with van der Waals surface area (Å²) in [6.45, 7) is -0.0926. The van der Waals surface area contributed by atoms with Gasteiger partial charge in [0, 0.05) is 0 Å². The Balaban J connectivity index is 2.47. The first-order chi connectivity index (χ1) is 5.83. The van der Waals surface area contributed by atoms with Gasteiger partial charge < -0.3 is 9.63 Å². The summed E-state index contributed by atoms with van der Waals surface area (Å²) in [6.07, 6.45) is 0.222. The third kappa shape index (κ3) is 3.07. The quantitative estimate of drug-likeness (QED) is 0.725. The van der Waals surface area contributed by atoms with Crippen molar-refractivity contribution < 1.29 is 14.2 Å². The highest BCUT2D eigenvalue weighted by Gasteiger charge is 1.98. The van der Waals surface area contributed by atoms with Crippen LogP contribution in [0.1, 0.15) is 0 Å². The summed E-state index contributed by atoms with van der Waals surface area (Å²) in [6, 6.07) is 8.95. The Morgan fingerprint density at radius 2 is 2.00 bits per heavy atom. The summed E-state index contributed by atoms with van der Waals surface area (Å²) in [4.78, 5) is 0. The van der Waals surface area contributed by atoms with Crippen molar-refractivity contribution >= 4 is 8.03 Å². The Hall–Kier alpha value is -0.790. The average molecular weight is 186 g/mol. The predicted octanol–water partition coefficient (Wildman–Crippen LogP) is 1.53. The van der Waals surface area contributed by atoms with Crippen LogP contribution in [0.2, 0.25) is 0 Å². The fraction of sp³-hybridized carbons (Fsp3) is 0.250. The summed E-state index contributed by atoms with van der Waals surface area (Å²) in [5.41, 5.74) is 0. The standard InChI is InChI=1S/C8H11O3P/c9-6-7-12(10)11-8-4-2-1-3-5-8/h1-5,9,12H,6-7H2. The Kier molecular flexibility index (Phi) is 3.85. The van der Waals surface area contributed by atoms with Crippen LogP contribution in [0.15, 0.2) is 30.3 Å². The maximum Gasteiger partial charge on any atom is 0.238 e. The third-order valence-electron chi connectivity index (χ3n) is 1.29. The third-order valence-corrected chi connectivity index (χ3v) is 2.39. The highest BCUT2D eigenvalue weighted by Crippen LogP contribution is 2.25. The van der Waals surface area contributed by atoms with Gasteiger partial charge in [-0.05, 0) is 12.1 Å². The summed E-state index contributed by atoms with van der Waals surface area (Å²) in [7, 11) is -2.09. The molecule has 1 N–H and O–H groups in total. The molecule has 1 atom stereocenters. The minimum absolute atomic E-state index is 0.0926. The van der Waals surface area contributed by atoms with Crippen LogP contribution < -0.4 is 4.52 Å². The number of hydrogen-bond donors (Lipinski definition) is 1. The normalized spacial score (nSPS) is 12.4. The van der Waals surface area contributed by atoms with Crippen molar-refractivity contribution in [2.75, 3.05) is 12.8 Å². The maximum absolute atomic E-state index is 11.0. The molecule has 0 amide bonds. The molecule has 0 spiro atoms. The van der Waals surface area contributed by atoms with Gasteiger partial charge in [-0.1, -0.05) is 18.2 Å². The van der Waals surface area contributed by atoms with Crippen LogP contribution in [0.25, 0.3) is 0 Å². The van der Waals surface area contributed by atoms with E-state index in [1.54, 1.807) is 12.1 Å². The molecule has 1 rings (SSSR count). The van der Waals surface area contributed by atoms with Crippen LogP contribution in [-0.4, -0.2) is 17.9 Å². The molecule has 0 fully saturated rings. The van der Waals surface area contributed by atoms with E-state index in [1.807, 2.05) is 18.2 Å². The van der Waals surface area contributed by atoms with Crippen molar-refractivity contribution in [1.82, 2.24) is 0 Å². The molecule has 0 bridgehead atoms. The van der Waals surface area contributed by atoms with Crippen LogP contribution in [0, 0.1) is 0 Å². The summed E-state index contributed by atoms with van der Waals surface area (Å²) in [5, 5.41) is 8.46. The van der Waals surface area contributed by atoms with E-state index in [2.05, 4.69) is 0 Å². The Labute approximate surface area is 71.9 Å². The van der Waals surface area contributed by atoms with Crippen LogP contribution in [0.3, 0.4) is 0 Å².